The molecular formula is C14H21NO. The van der Waals surface area contributed by atoms with Crippen LogP contribution >= 0.6 is 0 Å². The number of hydrogen-bond donors (Lipinski definition) is 1. The molecule has 0 aliphatic carbocycles. The summed E-state index contributed by atoms with van der Waals surface area (Å²) in [6.07, 6.45) is 4.39. The van der Waals surface area contributed by atoms with E-state index >= 15 is 0 Å². The van der Waals surface area contributed by atoms with Crippen molar-refractivity contribution >= 4 is 0 Å². The molecule has 0 radical (unpaired) electrons. The molecule has 16 heavy (non-hydrogen) atoms. The summed E-state index contributed by atoms with van der Waals surface area (Å²) in [5, 5.41) is 0. The number of hydrogen-bond acceptors (Lipinski definition) is 2. The van der Waals surface area contributed by atoms with Crippen molar-refractivity contribution in [2.45, 2.75) is 44.2 Å². The Balaban J connectivity index is 1.99. The minimum atomic E-state index is -0.131. The van der Waals surface area contributed by atoms with Crippen LogP contribution in [0.1, 0.15) is 31.7 Å². The fourth-order valence-electron chi connectivity index (χ4n) is 2.33. The van der Waals surface area contributed by atoms with Crippen molar-refractivity contribution in [1.82, 2.24) is 0 Å². The van der Waals surface area contributed by atoms with Crippen LogP contribution in [-0.2, 0) is 11.2 Å². The smallest absolute Gasteiger partial charge is 0.0807 e. The Hall–Kier alpha value is -0.860. The lowest BCUT2D eigenvalue weighted by atomic mass is 9.85. The van der Waals surface area contributed by atoms with Gasteiger partial charge < -0.3 is 10.5 Å². The standard InChI is InChI=1S/C14H21NO/c1-14(9-5-6-10-16-14)13(15)11-12-7-3-2-4-8-12/h2-4,7-8,13H,5-6,9-11,15H2,1H3. The summed E-state index contributed by atoms with van der Waals surface area (Å²) in [7, 11) is 0. The molecule has 1 aliphatic rings. The molecule has 0 bridgehead atoms. The van der Waals surface area contributed by atoms with Crippen LogP contribution in [0.5, 0.6) is 0 Å². The van der Waals surface area contributed by atoms with Crippen LogP contribution in [0.25, 0.3) is 0 Å². The lowest BCUT2D eigenvalue weighted by Crippen LogP contribution is -2.50. The van der Waals surface area contributed by atoms with Crippen molar-refractivity contribution in [3.63, 3.8) is 0 Å². The van der Waals surface area contributed by atoms with Crippen LogP contribution in [0.3, 0.4) is 0 Å². The molecule has 1 saturated heterocycles. The third-order valence-electron chi connectivity index (χ3n) is 3.58. The second-order valence-electron chi connectivity index (χ2n) is 4.91. The fraction of sp³-hybridized carbons (Fsp3) is 0.571. The minimum absolute atomic E-state index is 0.0928. The summed E-state index contributed by atoms with van der Waals surface area (Å²) in [6, 6.07) is 10.5. The van der Waals surface area contributed by atoms with Crippen molar-refractivity contribution in [3.05, 3.63) is 35.9 Å². The van der Waals surface area contributed by atoms with Gasteiger partial charge in [-0.15, -0.1) is 0 Å². The van der Waals surface area contributed by atoms with Gasteiger partial charge in [0.2, 0.25) is 0 Å². The fourth-order valence-corrected chi connectivity index (χ4v) is 2.33. The highest BCUT2D eigenvalue weighted by atomic mass is 16.5. The van der Waals surface area contributed by atoms with Crippen molar-refractivity contribution < 1.29 is 4.74 Å². The average molecular weight is 219 g/mol. The lowest BCUT2D eigenvalue weighted by molar-refractivity contribution is -0.0808. The number of benzene rings is 1. The third kappa shape index (κ3) is 2.63. The van der Waals surface area contributed by atoms with E-state index < -0.39 is 0 Å². The van der Waals surface area contributed by atoms with Crippen molar-refractivity contribution in [2.75, 3.05) is 6.61 Å². The molecule has 0 aromatic heterocycles. The SMILES string of the molecule is CC1(C(N)Cc2ccccc2)CCCCO1. The van der Waals surface area contributed by atoms with Crippen LogP contribution < -0.4 is 5.73 Å². The Morgan fingerprint density at radius 1 is 1.31 bits per heavy atom. The quantitative estimate of drug-likeness (QED) is 0.847. The minimum Gasteiger partial charge on any atom is -0.374 e. The third-order valence-corrected chi connectivity index (χ3v) is 3.58. The Morgan fingerprint density at radius 2 is 2.06 bits per heavy atom. The Morgan fingerprint density at radius 3 is 2.69 bits per heavy atom. The lowest BCUT2D eigenvalue weighted by Gasteiger charge is -2.38. The van der Waals surface area contributed by atoms with Gasteiger partial charge in [-0.25, -0.2) is 0 Å². The first-order valence-electron chi connectivity index (χ1n) is 6.14. The van der Waals surface area contributed by atoms with Gasteiger partial charge in [0.15, 0.2) is 0 Å². The molecule has 1 fully saturated rings. The molecule has 0 saturated carbocycles. The van der Waals surface area contributed by atoms with Crippen LogP contribution in [0.2, 0.25) is 0 Å². The Labute approximate surface area is 97.8 Å². The van der Waals surface area contributed by atoms with E-state index in [1.807, 2.05) is 6.07 Å². The number of nitrogens with two attached hydrogens (primary N) is 1. The zero-order valence-electron chi connectivity index (χ0n) is 9.99. The Kier molecular flexibility index (Phi) is 3.62. The van der Waals surface area contributed by atoms with E-state index in [0.29, 0.717) is 0 Å². The number of rotatable bonds is 3. The monoisotopic (exact) mass is 219 g/mol. The molecule has 0 amide bonds. The molecule has 1 aliphatic heterocycles. The van der Waals surface area contributed by atoms with E-state index in [-0.39, 0.29) is 11.6 Å². The van der Waals surface area contributed by atoms with Crippen molar-refractivity contribution in [3.8, 4) is 0 Å². The van der Waals surface area contributed by atoms with Gasteiger partial charge in [0, 0.05) is 12.6 Å². The predicted molar refractivity (Wildman–Crippen MR) is 66.3 cm³/mol. The normalized spacial score (nSPS) is 27.6. The zero-order valence-corrected chi connectivity index (χ0v) is 9.99. The van der Waals surface area contributed by atoms with E-state index in [1.54, 1.807) is 0 Å². The van der Waals surface area contributed by atoms with E-state index in [0.717, 1.165) is 19.4 Å². The molecule has 2 rings (SSSR count). The van der Waals surface area contributed by atoms with E-state index in [2.05, 4.69) is 31.2 Å². The predicted octanol–water partition coefficient (Wildman–Crippen LogP) is 2.52. The van der Waals surface area contributed by atoms with Gasteiger partial charge in [-0.2, -0.15) is 0 Å². The summed E-state index contributed by atoms with van der Waals surface area (Å²) in [6.45, 7) is 3.01. The van der Waals surface area contributed by atoms with E-state index in [9.17, 15) is 0 Å². The molecule has 1 heterocycles. The molecule has 88 valence electrons. The maximum absolute atomic E-state index is 6.29. The highest BCUT2D eigenvalue weighted by molar-refractivity contribution is 5.17. The van der Waals surface area contributed by atoms with Gasteiger partial charge in [0.05, 0.1) is 5.60 Å². The maximum Gasteiger partial charge on any atom is 0.0807 e. The van der Waals surface area contributed by atoms with Gasteiger partial charge in [-0.05, 0) is 38.2 Å². The highest BCUT2D eigenvalue weighted by Crippen LogP contribution is 2.28. The first-order chi connectivity index (χ1) is 7.71. The Bertz CT molecular complexity index is 317. The largest absolute Gasteiger partial charge is 0.374 e. The molecule has 2 N–H and O–H groups in total. The average Bonchev–Trinajstić information content (AvgIpc) is 2.31. The van der Waals surface area contributed by atoms with Crippen LogP contribution in [0, 0.1) is 0 Å². The second-order valence-corrected chi connectivity index (χ2v) is 4.91. The molecule has 2 nitrogen and oxygen atoms in total. The summed E-state index contributed by atoms with van der Waals surface area (Å²) < 4.78 is 5.87. The summed E-state index contributed by atoms with van der Waals surface area (Å²) in [5.74, 6) is 0. The van der Waals surface area contributed by atoms with Gasteiger partial charge in [0.1, 0.15) is 0 Å². The highest BCUT2D eigenvalue weighted by Gasteiger charge is 2.34. The first kappa shape index (κ1) is 11.6. The molecule has 1 aromatic rings. The topological polar surface area (TPSA) is 35.2 Å². The summed E-state index contributed by atoms with van der Waals surface area (Å²) in [5.41, 5.74) is 7.46. The molecule has 2 heteroatoms. The van der Waals surface area contributed by atoms with E-state index in [1.165, 1.54) is 18.4 Å². The maximum atomic E-state index is 6.29. The second kappa shape index (κ2) is 4.98. The molecule has 0 spiro atoms. The molecule has 2 atom stereocenters. The zero-order chi connectivity index (χ0) is 11.4. The van der Waals surface area contributed by atoms with E-state index in [4.69, 9.17) is 10.5 Å². The van der Waals surface area contributed by atoms with Gasteiger partial charge >= 0.3 is 0 Å². The summed E-state index contributed by atoms with van der Waals surface area (Å²) >= 11 is 0. The number of ether oxygens (including phenoxy) is 1. The van der Waals surface area contributed by atoms with Crippen molar-refractivity contribution in [2.24, 2.45) is 5.73 Å². The van der Waals surface area contributed by atoms with Crippen LogP contribution in [-0.4, -0.2) is 18.2 Å². The van der Waals surface area contributed by atoms with Crippen LogP contribution in [0.15, 0.2) is 30.3 Å². The van der Waals surface area contributed by atoms with Crippen LogP contribution in [0.4, 0.5) is 0 Å². The van der Waals surface area contributed by atoms with Gasteiger partial charge in [-0.1, -0.05) is 30.3 Å². The molecular weight excluding hydrogens is 198 g/mol. The summed E-state index contributed by atoms with van der Waals surface area (Å²) in [4.78, 5) is 0. The first-order valence-corrected chi connectivity index (χ1v) is 6.14. The molecule has 2 unspecified atom stereocenters. The molecule has 1 aromatic carbocycles. The van der Waals surface area contributed by atoms with Gasteiger partial charge in [-0.3, -0.25) is 0 Å². The van der Waals surface area contributed by atoms with Crippen molar-refractivity contribution in [1.29, 1.82) is 0 Å². The van der Waals surface area contributed by atoms with Gasteiger partial charge in [0.25, 0.3) is 0 Å².